The molecule has 2 heterocycles. The Morgan fingerprint density at radius 3 is 2.86 bits per heavy atom. The summed E-state index contributed by atoms with van der Waals surface area (Å²) in [5.41, 5.74) is 0.166. The Bertz CT molecular complexity index is 438. The van der Waals surface area contributed by atoms with Crippen molar-refractivity contribution in [2.45, 2.75) is 72.1 Å². The fraction of sp³-hybridized carbons (Fsp3) is 0.875. The second kappa shape index (κ2) is 6.88. The average molecular weight is 293 g/mol. The molecule has 0 radical (unpaired) electrons. The van der Waals surface area contributed by atoms with Crippen LogP contribution in [0, 0.1) is 5.92 Å². The summed E-state index contributed by atoms with van der Waals surface area (Å²) in [6, 6.07) is 0.601. The van der Waals surface area contributed by atoms with Crippen molar-refractivity contribution in [3.05, 3.63) is 12.2 Å². The molecule has 1 aromatic heterocycles. The zero-order valence-electron chi connectivity index (χ0n) is 14.3. The quantitative estimate of drug-likeness (QED) is 0.874. The molecule has 0 spiro atoms. The largest absolute Gasteiger partial charge is 0.311 e. The third-order valence-corrected chi connectivity index (χ3v) is 4.32. The first kappa shape index (κ1) is 16.4. The van der Waals surface area contributed by atoms with Crippen LogP contribution in [0.25, 0.3) is 0 Å². The second-order valence-electron chi connectivity index (χ2n) is 7.31. The molecule has 0 aromatic carbocycles. The fourth-order valence-corrected chi connectivity index (χ4v) is 2.98. The highest BCUT2D eigenvalue weighted by atomic mass is 15.4. The number of hydrogen-bond acceptors (Lipinski definition) is 4. The van der Waals surface area contributed by atoms with Crippen molar-refractivity contribution in [1.82, 2.24) is 25.0 Å². The maximum absolute atomic E-state index is 4.49. The van der Waals surface area contributed by atoms with E-state index < -0.39 is 0 Å². The second-order valence-corrected chi connectivity index (χ2v) is 7.31. The summed E-state index contributed by atoms with van der Waals surface area (Å²) < 4.78 is 2.07. The van der Waals surface area contributed by atoms with Crippen LogP contribution in [0.5, 0.6) is 0 Å². The first-order valence-electron chi connectivity index (χ1n) is 8.27. The third-order valence-electron chi connectivity index (χ3n) is 4.32. The minimum absolute atomic E-state index is 0.166. The fourth-order valence-electron chi connectivity index (χ4n) is 2.98. The number of nitrogens with one attached hydrogen (secondary N) is 1. The van der Waals surface area contributed by atoms with Crippen molar-refractivity contribution < 1.29 is 0 Å². The van der Waals surface area contributed by atoms with Crippen molar-refractivity contribution in [3.8, 4) is 0 Å². The van der Waals surface area contributed by atoms with Gasteiger partial charge in [0, 0.05) is 31.2 Å². The molecule has 0 amide bonds. The lowest BCUT2D eigenvalue weighted by Crippen LogP contribution is -2.61. The van der Waals surface area contributed by atoms with Crippen LogP contribution in [-0.4, -0.2) is 44.3 Å². The van der Waals surface area contributed by atoms with E-state index in [1.54, 1.807) is 6.33 Å². The van der Waals surface area contributed by atoms with E-state index in [4.69, 9.17) is 0 Å². The van der Waals surface area contributed by atoms with Crippen molar-refractivity contribution in [3.63, 3.8) is 0 Å². The summed E-state index contributed by atoms with van der Waals surface area (Å²) in [4.78, 5) is 7.05. The van der Waals surface area contributed by atoms with Crippen molar-refractivity contribution in [2.24, 2.45) is 5.92 Å². The monoisotopic (exact) mass is 293 g/mol. The smallest absolute Gasteiger partial charge is 0.141 e. The van der Waals surface area contributed by atoms with E-state index in [-0.39, 0.29) is 5.54 Å². The highest BCUT2D eigenvalue weighted by molar-refractivity contribution is 4.96. The van der Waals surface area contributed by atoms with Crippen molar-refractivity contribution in [1.29, 1.82) is 0 Å². The van der Waals surface area contributed by atoms with Crippen LogP contribution in [0.2, 0.25) is 0 Å². The van der Waals surface area contributed by atoms with Gasteiger partial charge in [0.1, 0.15) is 12.2 Å². The number of rotatable bonds is 6. The molecule has 5 nitrogen and oxygen atoms in total. The lowest BCUT2D eigenvalue weighted by atomic mass is 9.96. The van der Waals surface area contributed by atoms with Gasteiger partial charge in [-0.3, -0.25) is 4.90 Å². The number of nitrogens with zero attached hydrogens (tertiary/aromatic N) is 4. The molecule has 5 heteroatoms. The molecule has 21 heavy (non-hydrogen) atoms. The molecular formula is C16H31N5. The van der Waals surface area contributed by atoms with Crippen molar-refractivity contribution >= 4 is 0 Å². The summed E-state index contributed by atoms with van der Waals surface area (Å²) >= 11 is 0. The van der Waals surface area contributed by atoms with Crippen LogP contribution in [0.15, 0.2) is 6.33 Å². The van der Waals surface area contributed by atoms with Crippen molar-refractivity contribution in [2.75, 3.05) is 13.1 Å². The first-order valence-corrected chi connectivity index (χ1v) is 8.27. The van der Waals surface area contributed by atoms with Crippen LogP contribution >= 0.6 is 0 Å². The van der Waals surface area contributed by atoms with E-state index in [0.717, 1.165) is 32.0 Å². The maximum atomic E-state index is 4.49. The van der Waals surface area contributed by atoms with Gasteiger partial charge in [0.15, 0.2) is 0 Å². The standard InChI is InChI=1S/C16H31N5/c1-6-7-14-9-20(16(4,5)11-17-14)10-15-18-12-19-21(15)8-13(2)3/h12-14,17H,6-11H2,1-5H3. The van der Waals surface area contributed by atoms with Crippen LogP contribution in [-0.2, 0) is 13.1 Å². The van der Waals surface area contributed by atoms with Gasteiger partial charge < -0.3 is 5.32 Å². The molecule has 1 aromatic rings. The van der Waals surface area contributed by atoms with Gasteiger partial charge in [-0.15, -0.1) is 0 Å². The van der Waals surface area contributed by atoms with E-state index in [9.17, 15) is 0 Å². The average Bonchev–Trinajstić information content (AvgIpc) is 2.80. The predicted molar refractivity (Wildman–Crippen MR) is 86.0 cm³/mol. The van der Waals surface area contributed by atoms with Crippen LogP contribution in [0.4, 0.5) is 0 Å². The molecule has 1 saturated heterocycles. The van der Waals surface area contributed by atoms with Gasteiger partial charge in [0.2, 0.25) is 0 Å². The molecule has 1 aliphatic heterocycles. The zero-order valence-corrected chi connectivity index (χ0v) is 14.3. The van der Waals surface area contributed by atoms with Crippen LogP contribution < -0.4 is 5.32 Å². The molecule has 0 saturated carbocycles. The van der Waals surface area contributed by atoms with Crippen LogP contribution in [0.3, 0.4) is 0 Å². The molecule has 1 atom stereocenters. The zero-order chi connectivity index (χ0) is 15.5. The van der Waals surface area contributed by atoms with E-state index in [1.165, 1.54) is 12.8 Å². The molecule has 1 N–H and O–H groups in total. The maximum Gasteiger partial charge on any atom is 0.141 e. The normalized spacial score (nSPS) is 22.9. The molecule has 1 fully saturated rings. The lowest BCUT2D eigenvalue weighted by molar-refractivity contribution is 0.0524. The molecule has 1 aliphatic rings. The third kappa shape index (κ3) is 4.27. The highest BCUT2D eigenvalue weighted by Crippen LogP contribution is 2.22. The highest BCUT2D eigenvalue weighted by Gasteiger charge is 2.34. The number of piperazine rings is 1. The summed E-state index contributed by atoms with van der Waals surface area (Å²) in [7, 11) is 0. The van der Waals surface area contributed by atoms with E-state index >= 15 is 0 Å². The van der Waals surface area contributed by atoms with Gasteiger partial charge in [0.05, 0.1) is 6.54 Å². The van der Waals surface area contributed by atoms with E-state index in [1.807, 2.05) is 0 Å². The lowest BCUT2D eigenvalue weighted by Gasteiger charge is -2.46. The molecule has 120 valence electrons. The number of hydrogen-bond donors (Lipinski definition) is 1. The van der Waals surface area contributed by atoms with Gasteiger partial charge in [-0.1, -0.05) is 27.2 Å². The Morgan fingerprint density at radius 2 is 2.19 bits per heavy atom. The number of aromatic nitrogens is 3. The van der Waals surface area contributed by atoms with E-state index in [2.05, 4.69) is 59.6 Å². The topological polar surface area (TPSA) is 46.0 Å². The minimum atomic E-state index is 0.166. The molecule has 2 rings (SSSR count). The molecule has 1 unspecified atom stereocenters. The van der Waals surface area contributed by atoms with Gasteiger partial charge >= 0.3 is 0 Å². The Hall–Kier alpha value is -0.940. The molecule has 0 aliphatic carbocycles. The van der Waals surface area contributed by atoms with E-state index in [0.29, 0.717) is 12.0 Å². The van der Waals surface area contributed by atoms with Gasteiger partial charge in [-0.2, -0.15) is 5.10 Å². The predicted octanol–water partition coefficient (Wildman–Crippen LogP) is 2.29. The molecular weight excluding hydrogens is 262 g/mol. The Labute approximate surface area is 129 Å². The minimum Gasteiger partial charge on any atom is -0.311 e. The SMILES string of the molecule is CCCC1CN(Cc2ncnn2CC(C)C)C(C)(C)CN1. The Morgan fingerprint density at radius 1 is 1.43 bits per heavy atom. The van der Waals surface area contributed by atoms with Gasteiger partial charge in [0.25, 0.3) is 0 Å². The Balaban J connectivity index is 2.06. The van der Waals surface area contributed by atoms with Gasteiger partial charge in [-0.05, 0) is 26.2 Å². The summed E-state index contributed by atoms with van der Waals surface area (Å²) in [6.45, 7) is 15.3. The first-order chi connectivity index (χ1) is 9.92. The summed E-state index contributed by atoms with van der Waals surface area (Å²) in [5, 5.41) is 8.07. The molecule has 0 bridgehead atoms. The summed E-state index contributed by atoms with van der Waals surface area (Å²) in [6.07, 6.45) is 4.16. The van der Waals surface area contributed by atoms with Crippen LogP contribution in [0.1, 0.15) is 53.3 Å². The van der Waals surface area contributed by atoms with Gasteiger partial charge in [-0.25, -0.2) is 9.67 Å². The summed E-state index contributed by atoms with van der Waals surface area (Å²) in [5.74, 6) is 1.68. The Kier molecular flexibility index (Phi) is 5.38.